The summed E-state index contributed by atoms with van der Waals surface area (Å²) in [5.41, 5.74) is 4.38. The molecule has 5 nitrogen and oxygen atoms in total. The Bertz CT molecular complexity index is 846. The molecule has 1 unspecified atom stereocenters. The predicted molar refractivity (Wildman–Crippen MR) is 107 cm³/mol. The van der Waals surface area contributed by atoms with Crippen molar-refractivity contribution in [1.29, 1.82) is 0 Å². The smallest absolute Gasteiger partial charge is 0.416 e. The van der Waals surface area contributed by atoms with Crippen LogP contribution in [0.15, 0.2) is 54.6 Å². The third kappa shape index (κ3) is 6.81. The number of hydroxylamine groups is 1. The highest BCUT2D eigenvalue weighted by atomic mass is 19.4. The number of hydrogen-bond donors (Lipinski definition) is 2. The monoisotopic (exact) mass is 423 g/mol. The number of hydrogen-bond acceptors (Lipinski definition) is 4. The molecule has 0 saturated carbocycles. The molecule has 162 valence electrons. The van der Waals surface area contributed by atoms with Crippen molar-refractivity contribution in [3.05, 3.63) is 71.3 Å². The molecule has 0 amide bonds. The van der Waals surface area contributed by atoms with Gasteiger partial charge < -0.3 is 9.84 Å². The number of rotatable bonds is 10. The van der Waals surface area contributed by atoms with Crippen LogP contribution < -0.4 is 10.2 Å². The van der Waals surface area contributed by atoms with Gasteiger partial charge in [0.15, 0.2) is 6.10 Å². The third-order valence-corrected chi connectivity index (χ3v) is 4.33. The van der Waals surface area contributed by atoms with Crippen molar-refractivity contribution in [1.82, 2.24) is 5.48 Å². The highest BCUT2D eigenvalue weighted by Gasteiger charge is 2.29. The molecule has 2 aromatic carbocycles. The second-order valence-electron chi connectivity index (χ2n) is 6.47. The molecule has 0 aliphatic rings. The summed E-state index contributed by atoms with van der Waals surface area (Å²) in [5.74, 6) is -0.564. The molecule has 1 atom stereocenters. The Balaban J connectivity index is 1.85. The summed E-state index contributed by atoms with van der Waals surface area (Å²) < 4.78 is 43.2. The Labute approximate surface area is 173 Å². The maximum absolute atomic E-state index is 12.6. The van der Waals surface area contributed by atoms with E-state index in [1.807, 2.05) is 6.92 Å². The van der Waals surface area contributed by atoms with Gasteiger partial charge in [0.25, 0.3) is 0 Å². The predicted octanol–water partition coefficient (Wildman–Crippen LogP) is 5.07. The lowest BCUT2D eigenvalue weighted by Gasteiger charge is -2.15. The molecule has 0 fully saturated rings. The third-order valence-electron chi connectivity index (χ3n) is 4.33. The van der Waals surface area contributed by atoms with E-state index in [4.69, 9.17) is 14.7 Å². The molecule has 0 bridgehead atoms. The van der Waals surface area contributed by atoms with Gasteiger partial charge in [0, 0.05) is 0 Å². The van der Waals surface area contributed by atoms with Crippen LogP contribution in [0, 0.1) is 0 Å². The summed E-state index contributed by atoms with van der Waals surface area (Å²) in [6, 6.07) is 11.9. The first-order valence-corrected chi connectivity index (χ1v) is 9.44. The molecule has 0 aliphatic heterocycles. The maximum Gasteiger partial charge on any atom is 0.416 e. The molecule has 8 heteroatoms. The average Bonchev–Trinajstić information content (AvgIpc) is 2.72. The molecular weight excluding hydrogens is 399 g/mol. The average molecular weight is 423 g/mol. The van der Waals surface area contributed by atoms with Crippen LogP contribution in [-0.2, 0) is 22.2 Å². The molecule has 2 N–H and O–H groups in total. The molecule has 0 spiro atoms. The van der Waals surface area contributed by atoms with Crippen molar-refractivity contribution in [2.24, 2.45) is 0 Å². The van der Waals surface area contributed by atoms with Gasteiger partial charge in [-0.2, -0.15) is 13.2 Å². The number of carboxylic acids is 1. The van der Waals surface area contributed by atoms with Crippen molar-refractivity contribution in [3.8, 4) is 5.75 Å². The van der Waals surface area contributed by atoms with Crippen LogP contribution in [0.3, 0.4) is 0 Å². The van der Waals surface area contributed by atoms with E-state index in [0.29, 0.717) is 24.3 Å². The van der Waals surface area contributed by atoms with Gasteiger partial charge in [-0.3, -0.25) is 10.3 Å². The van der Waals surface area contributed by atoms with E-state index < -0.39 is 23.8 Å². The number of carbonyl (C=O) groups is 1. The molecule has 0 heterocycles. The summed E-state index contributed by atoms with van der Waals surface area (Å²) >= 11 is 0. The molecule has 0 aromatic heterocycles. The van der Waals surface area contributed by atoms with Crippen molar-refractivity contribution < 1.29 is 32.6 Å². The van der Waals surface area contributed by atoms with Gasteiger partial charge in [-0.1, -0.05) is 25.1 Å². The van der Waals surface area contributed by atoms with Crippen molar-refractivity contribution >= 4 is 11.7 Å². The SMILES string of the molecule is CC=C(NOCCc1ccc(C(F)(F)F)cc1)c1ccc(OC(CC)C(=O)O)cc1. The van der Waals surface area contributed by atoms with E-state index in [-0.39, 0.29) is 6.61 Å². The molecule has 30 heavy (non-hydrogen) atoms. The number of carboxylic acid groups (broad SMARTS) is 1. The fourth-order valence-corrected chi connectivity index (χ4v) is 2.63. The van der Waals surface area contributed by atoms with Gasteiger partial charge >= 0.3 is 12.1 Å². The minimum Gasteiger partial charge on any atom is -0.479 e. The number of halogens is 3. The van der Waals surface area contributed by atoms with Crippen LogP contribution >= 0.6 is 0 Å². The van der Waals surface area contributed by atoms with Gasteiger partial charge in [-0.25, -0.2) is 4.79 Å². The fourth-order valence-electron chi connectivity index (χ4n) is 2.63. The van der Waals surface area contributed by atoms with Crippen molar-refractivity contribution in [2.45, 2.75) is 39.0 Å². The molecule has 2 rings (SSSR count). The van der Waals surface area contributed by atoms with E-state index in [2.05, 4.69) is 5.48 Å². The van der Waals surface area contributed by atoms with Gasteiger partial charge in [0.1, 0.15) is 5.75 Å². The van der Waals surface area contributed by atoms with Crippen molar-refractivity contribution in [3.63, 3.8) is 0 Å². The minimum atomic E-state index is -4.34. The lowest BCUT2D eigenvalue weighted by molar-refractivity contribution is -0.145. The Hall–Kier alpha value is -3.00. The first-order valence-electron chi connectivity index (χ1n) is 9.44. The summed E-state index contributed by atoms with van der Waals surface area (Å²) in [6.07, 6.45) is -2.64. The van der Waals surface area contributed by atoms with E-state index in [1.54, 1.807) is 37.3 Å². The van der Waals surface area contributed by atoms with Gasteiger partial charge in [0.2, 0.25) is 0 Å². The Morgan fingerprint density at radius 1 is 1.13 bits per heavy atom. The largest absolute Gasteiger partial charge is 0.479 e. The second-order valence-corrected chi connectivity index (χ2v) is 6.47. The lowest BCUT2D eigenvalue weighted by atomic mass is 10.1. The van der Waals surface area contributed by atoms with E-state index in [1.165, 1.54) is 12.1 Å². The highest BCUT2D eigenvalue weighted by molar-refractivity contribution is 5.72. The quantitative estimate of drug-likeness (QED) is 0.412. The fraction of sp³-hybridized carbons (Fsp3) is 0.318. The number of benzene rings is 2. The zero-order chi connectivity index (χ0) is 22.1. The zero-order valence-corrected chi connectivity index (χ0v) is 16.7. The Kier molecular flexibility index (Phi) is 8.29. The first kappa shape index (κ1) is 23.3. The Morgan fingerprint density at radius 3 is 2.27 bits per heavy atom. The molecular formula is C22H24F3NO4. The summed E-state index contributed by atoms with van der Waals surface area (Å²) in [7, 11) is 0. The number of ether oxygens (including phenoxy) is 1. The molecule has 0 saturated heterocycles. The highest BCUT2D eigenvalue weighted by Crippen LogP contribution is 2.29. The van der Waals surface area contributed by atoms with Gasteiger partial charge in [-0.05, 0) is 67.3 Å². The topological polar surface area (TPSA) is 67.8 Å². The van der Waals surface area contributed by atoms with E-state index >= 15 is 0 Å². The van der Waals surface area contributed by atoms with E-state index in [0.717, 1.165) is 23.3 Å². The summed E-state index contributed by atoms with van der Waals surface area (Å²) in [5, 5.41) is 9.06. The van der Waals surface area contributed by atoms with Crippen molar-refractivity contribution in [2.75, 3.05) is 6.61 Å². The maximum atomic E-state index is 12.6. The number of nitrogens with one attached hydrogen (secondary N) is 1. The van der Waals surface area contributed by atoms with Crippen LogP contribution in [0.5, 0.6) is 5.75 Å². The zero-order valence-electron chi connectivity index (χ0n) is 16.7. The summed E-state index contributed by atoms with van der Waals surface area (Å²) in [6.45, 7) is 3.82. The molecule has 0 aliphatic carbocycles. The first-order chi connectivity index (χ1) is 14.2. The standard InChI is InChI=1S/C22H24F3NO4/c1-3-19(16-7-11-18(12-8-16)30-20(4-2)21(27)28)26-29-14-13-15-5-9-17(10-6-15)22(23,24)25/h3,5-12,20,26H,4,13-14H2,1-2H3,(H,27,28). The second kappa shape index (κ2) is 10.7. The Morgan fingerprint density at radius 2 is 1.77 bits per heavy atom. The molecule has 0 radical (unpaired) electrons. The number of aliphatic carboxylic acids is 1. The molecule has 2 aromatic rings. The number of allylic oxidation sites excluding steroid dienone is 1. The van der Waals surface area contributed by atoms with Crippen LogP contribution in [0.25, 0.3) is 5.70 Å². The normalized spacial score (nSPS) is 13.0. The summed E-state index contributed by atoms with van der Waals surface area (Å²) in [4.78, 5) is 16.5. The number of alkyl halides is 3. The lowest BCUT2D eigenvalue weighted by Crippen LogP contribution is -2.25. The van der Waals surface area contributed by atoms with E-state index in [9.17, 15) is 18.0 Å². The van der Waals surface area contributed by atoms with Crippen LogP contribution in [0.1, 0.15) is 37.0 Å². The minimum absolute atomic E-state index is 0.265. The van der Waals surface area contributed by atoms with Crippen LogP contribution in [0.2, 0.25) is 0 Å². The van der Waals surface area contributed by atoms with Gasteiger partial charge in [0.05, 0.1) is 17.9 Å². The van der Waals surface area contributed by atoms with Crippen LogP contribution in [0.4, 0.5) is 13.2 Å². The van der Waals surface area contributed by atoms with Crippen LogP contribution in [-0.4, -0.2) is 23.8 Å². The van der Waals surface area contributed by atoms with Gasteiger partial charge in [-0.15, -0.1) is 0 Å².